The fraction of sp³-hybridized carbons (Fsp3) is 0.0556. The van der Waals surface area contributed by atoms with Gasteiger partial charge in [-0.2, -0.15) is 0 Å². The van der Waals surface area contributed by atoms with Crippen LogP contribution in [0.25, 0.3) is 28.0 Å². The number of hydrogen-bond acceptors (Lipinski definition) is 1. The number of nitrogens with one attached hydrogen (secondary N) is 1. The van der Waals surface area contributed by atoms with E-state index >= 15 is 0 Å². The fourth-order valence-corrected chi connectivity index (χ4v) is 2.81. The van der Waals surface area contributed by atoms with Gasteiger partial charge >= 0.3 is 0 Å². The highest BCUT2D eigenvalue weighted by molar-refractivity contribution is 5.85. The Bertz CT molecular complexity index is 980. The number of aryl methyl sites for hydroxylation is 1. The molecule has 0 aliphatic carbocycles. The van der Waals surface area contributed by atoms with Gasteiger partial charge in [-0.1, -0.05) is 0 Å². The van der Waals surface area contributed by atoms with Crippen LogP contribution in [0, 0.1) is 18.6 Å². The molecule has 0 bridgehead atoms. The van der Waals surface area contributed by atoms with Crippen LogP contribution >= 0.6 is 0 Å². The summed E-state index contributed by atoms with van der Waals surface area (Å²) in [5.41, 5.74) is 3.91. The van der Waals surface area contributed by atoms with E-state index in [1.54, 1.807) is 6.20 Å². The van der Waals surface area contributed by atoms with Crippen molar-refractivity contribution in [2.75, 3.05) is 0 Å². The molecular formula is C18H13F2N3. The number of aromatic nitrogens is 3. The Morgan fingerprint density at radius 1 is 1.04 bits per heavy atom. The van der Waals surface area contributed by atoms with Crippen LogP contribution in [0.4, 0.5) is 8.78 Å². The van der Waals surface area contributed by atoms with Crippen molar-refractivity contribution in [1.29, 1.82) is 0 Å². The number of fused-ring (bicyclic) bond motifs is 1. The Balaban J connectivity index is 1.95. The van der Waals surface area contributed by atoms with Gasteiger partial charge in [0, 0.05) is 30.2 Å². The normalized spacial score (nSPS) is 11.3. The van der Waals surface area contributed by atoms with E-state index in [2.05, 4.69) is 9.97 Å². The summed E-state index contributed by atoms with van der Waals surface area (Å²) in [5, 5.41) is 0. The zero-order chi connectivity index (χ0) is 16.0. The maximum atomic E-state index is 13.5. The second kappa shape index (κ2) is 5.05. The number of rotatable bonds is 2. The molecule has 3 nitrogen and oxygen atoms in total. The van der Waals surface area contributed by atoms with Crippen LogP contribution in [-0.2, 0) is 0 Å². The maximum absolute atomic E-state index is 13.5. The summed E-state index contributed by atoms with van der Waals surface area (Å²) in [4.78, 5) is 7.62. The van der Waals surface area contributed by atoms with Gasteiger partial charge in [-0.15, -0.1) is 0 Å². The molecule has 1 aromatic carbocycles. The van der Waals surface area contributed by atoms with Crippen molar-refractivity contribution in [3.8, 4) is 16.9 Å². The molecule has 0 unspecified atom stereocenters. The standard InChI is InChI=1S/C18H13F2N3/c1-11-10-23(17-3-2-4-21-17)16-7-13(9-22-18(11)16)12-5-14(19)8-15(20)6-12/h2-10,21H,1H3. The summed E-state index contributed by atoms with van der Waals surface area (Å²) in [6.07, 6.45) is 5.47. The third-order valence-corrected chi connectivity index (χ3v) is 3.86. The number of halogens is 2. The van der Waals surface area contributed by atoms with Crippen LogP contribution in [0.5, 0.6) is 0 Å². The van der Waals surface area contributed by atoms with Gasteiger partial charge in [0.1, 0.15) is 17.5 Å². The lowest BCUT2D eigenvalue weighted by Crippen LogP contribution is -1.93. The van der Waals surface area contributed by atoms with Gasteiger partial charge in [0.25, 0.3) is 0 Å². The quantitative estimate of drug-likeness (QED) is 0.576. The van der Waals surface area contributed by atoms with Gasteiger partial charge in [-0.25, -0.2) is 8.78 Å². The SMILES string of the molecule is Cc1cn(-c2ccc[nH]2)c2cc(-c3cc(F)cc(F)c3)cnc12. The number of benzene rings is 1. The number of aromatic amines is 1. The van der Waals surface area contributed by atoms with Crippen LogP contribution in [0.3, 0.4) is 0 Å². The molecular weight excluding hydrogens is 296 g/mol. The smallest absolute Gasteiger partial charge is 0.126 e. The van der Waals surface area contributed by atoms with E-state index in [-0.39, 0.29) is 0 Å². The first-order valence-electron chi connectivity index (χ1n) is 7.20. The highest BCUT2D eigenvalue weighted by atomic mass is 19.1. The molecule has 23 heavy (non-hydrogen) atoms. The van der Waals surface area contributed by atoms with E-state index in [4.69, 9.17) is 0 Å². The Morgan fingerprint density at radius 2 is 1.83 bits per heavy atom. The Morgan fingerprint density at radius 3 is 2.52 bits per heavy atom. The van der Waals surface area contributed by atoms with Crippen LogP contribution in [-0.4, -0.2) is 14.5 Å². The van der Waals surface area contributed by atoms with Crippen molar-refractivity contribution in [2.24, 2.45) is 0 Å². The van der Waals surface area contributed by atoms with E-state index in [9.17, 15) is 8.78 Å². The Kier molecular flexibility index (Phi) is 3.01. The van der Waals surface area contributed by atoms with Gasteiger partial charge in [-0.3, -0.25) is 4.98 Å². The molecule has 0 amide bonds. The topological polar surface area (TPSA) is 33.6 Å². The first-order valence-corrected chi connectivity index (χ1v) is 7.20. The molecule has 3 aromatic heterocycles. The molecule has 0 saturated carbocycles. The summed E-state index contributed by atoms with van der Waals surface area (Å²) in [6, 6.07) is 9.23. The minimum Gasteiger partial charge on any atom is -0.348 e. The summed E-state index contributed by atoms with van der Waals surface area (Å²) in [7, 11) is 0. The molecule has 0 spiro atoms. The third-order valence-electron chi connectivity index (χ3n) is 3.86. The number of nitrogens with zero attached hydrogens (tertiary/aromatic N) is 2. The fourth-order valence-electron chi connectivity index (χ4n) is 2.81. The summed E-state index contributed by atoms with van der Waals surface area (Å²) in [6.45, 7) is 1.98. The van der Waals surface area contributed by atoms with E-state index in [0.717, 1.165) is 28.5 Å². The molecule has 0 atom stereocenters. The largest absolute Gasteiger partial charge is 0.348 e. The lowest BCUT2D eigenvalue weighted by atomic mass is 10.1. The first kappa shape index (κ1) is 13.7. The molecule has 0 aliphatic rings. The molecule has 0 saturated heterocycles. The summed E-state index contributed by atoms with van der Waals surface area (Å²) < 4.78 is 28.9. The summed E-state index contributed by atoms with van der Waals surface area (Å²) in [5.74, 6) is -0.292. The molecule has 5 heteroatoms. The molecule has 0 fully saturated rings. The predicted octanol–water partition coefficient (Wildman–Crippen LogP) is 4.61. The molecule has 3 heterocycles. The average Bonchev–Trinajstić information content (AvgIpc) is 3.14. The maximum Gasteiger partial charge on any atom is 0.126 e. The zero-order valence-corrected chi connectivity index (χ0v) is 12.3. The monoisotopic (exact) mass is 309 g/mol. The molecule has 0 radical (unpaired) electrons. The lowest BCUT2D eigenvalue weighted by Gasteiger charge is -2.06. The number of hydrogen-bond donors (Lipinski definition) is 1. The average molecular weight is 309 g/mol. The Labute approximate surface area is 131 Å². The lowest BCUT2D eigenvalue weighted by molar-refractivity contribution is 0.584. The van der Waals surface area contributed by atoms with Crippen molar-refractivity contribution in [1.82, 2.24) is 14.5 Å². The molecule has 4 rings (SSSR count). The van der Waals surface area contributed by atoms with Crippen molar-refractivity contribution in [3.63, 3.8) is 0 Å². The molecule has 114 valence electrons. The molecule has 1 N–H and O–H groups in total. The van der Waals surface area contributed by atoms with Crippen LogP contribution < -0.4 is 0 Å². The van der Waals surface area contributed by atoms with Crippen molar-refractivity contribution in [3.05, 3.63) is 72.2 Å². The minimum absolute atomic E-state index is 0.466. The predicted molar refractivity (Wildman–Crippen MR) is 85.5 cm³/mol. The molecule has 4 aromatic rings. The van der Waals surface area contributed by atoms with Gasteiger partial charge in [0.15, 0.2) is 0 Å². The van der Waals surface area contributed by atoms with Crippen molar-refractivity contribution >= 4 is 11.0 Å². The van der Waals surface area contributed by atoms with Crippen molar-refractivity contribution in [2.45, 2.75) is 6.92 Å². The van der Waals surface area contributed by atoms with Crippen LogP contribution in [0.1, 0.15) is 5.56 Å². The Hall–Kier alpha value is -2.95. The third kappa shape index (κ3) is 2.30. The van der Waals surface area contributed by atoms with Gasteiger partial charge in [-0.05, 0) is 48.4 Å². The van der Waals surface area contributed by atoms with E-state index in [1.165, 1.54) is 12.1 Å². The number of pyridine rings is 1. The zero-order valence-electron chi connectivity index (χ0n) is 12.3. The second-order valence-corrected chi connectivity index (χ2v) is 5.49. The van der Waals surface area contributed by atoms with Gasteiger partial charge in [0.2, 0.25) is 0 Å². The second-order valence-electron chi connectivity index (χ2n) is 5.49. The molecule has 0 aliphatic heterocycles. The number of H-pyrrole nitrogens is 1. The first-order chi connectivity index (χ1) is 11.1. The van der Waals surface area contributed by atoms with Gasteiger partial charge < -0.3 is 9.55 Å². The van der Waals surface area contributed by atoms with Crippen molar-refractivity contribution < 1.29 is 8.78 Å². The van der Waals surface area contributed by atoms with Gasteiger partial charge in [0.05, 0.1) is 11.0 Å². The highest BCUT2D eigenvalue weighted by Crippen LogP contribution is 2.28. The van der Waals surface area contributed by atoms with E-state index < -0.39 is 11.6 Å². The van der Waals surface area contributed by atoms with E-state index in [0.29, 0.717) is 11.1 Å². The van der Waals surface area contributed by atoms with Crippen LogP contribution in [0.2, 0.25) is 0 Å². The minimum atomic E-state index is -0.601. The summed E-state index contributed by atoms with van der Waals surface area (Å²) >= 11 is 0. The highest BCUT2D eigenvalue weighted by Gasteiger charge is 2.11. The van der Waals surface area contributed by atoms with E-state index in [1.807, 2.05) is 42.1 Å². The van der Waals surface area contributed by atoms with Crippen LogP contribution in [0.15, 0.2) is 55.0 Å².